The van der Waals surface area contributed by atoms with Gasteiger partial charge in [0, 0.05) is 25.5 Å². The van der Waals surface area contributed by atoms with Crippen LogP contribution in [-0.4, -0.2) is 4.57 Å². The van der Waals surface area contributed by atoms with Crippen LogP contribution in [0.3, 0.4) is 0 Å². The summed E-state index contributed by atoms with van der Waals surface area (Å²) in [6.07, 6.45) is 3.21. The fourth-order valence-electron chi connectivity index (χ4n) is 1.90. The van der Waals surface area contributed by atoms with Gasteiger partial charge in [0.15, 0.2) is 0 Å². The summed E-state index contributed by atoms with van der Waals surface area (Å²) in [6.45, 7) is 2.76. The van der Waals surface area contributed by atoms with E-state index in [0.29, 0.717) is 6.54 Å². The van der Waals surface area contributed by atoms with Crippen molar-refractivity contribution in [2.45, 2.75) is 19.9 Å². The molecular formula is C14H18N2. The Balaban J connectivity index is 2.34. The van der Waals surface area contributed by atoms with Crippen molar-refractivity contribution in [2.24, 2.45) is 12.8 Å². The van der Waals surface area contributed by atoms with Gasteiger partial charge in [-0.05, 0) is 29.2 Å². The van der Waals surface area contributed by atoms with Gasteiger partial charge in [-0.2, -0.15) is 0 Å². The highest BCUT2D eigenvalue weighted by Crippen LogP contribution is 2.22. The van der Waals surface area contributed by atoms with E-state index < -0.39 is 0 Å². The molecule has 0 saturated carbocycles. The molecule has 2 N–H and O–H groups in total. The molecule has 2 nitrogen and oxygen atoms in total. The molecule has 0 atom stereocenters. The maximum absolute atomic E-state index is 5.67. The third kappa shape index (κ3) is 2.02. The summed E-state index contributed by atoms with van der Waals surface area (Å²) in [6, 6.07) is 10.9. The Morgan fingerprint density at radius 2 is 1.81 bits per heavy atom. The van der Waals surface area contributed by atoms with Gasteiger partial charge in [-0.3, -0.25) is 0 Å². The summed E-state index contributed by atoms with van der Waals surface area (Å²) in [7, 11) is 2.03. The predicted octanol–water partition coefficient (Wildman–Crippen LogP) is 2.71. The summed E-state index contributed by atoms with van der Waals surface area (Å²) in [5.74, 6) is 0. The van der Waals surface area contributed by atoms with Gasteiger partial charge in [0.05, 0.1) is 0 Å². The van der Waals surface area contributed by atoms with Crippen molar-refractivity contribution in [1.29, 1.82) is 0 Å². The molecule has 0 saturated heterocycles. The van der Waals surface area contributed by atoms with Gasteiger partial charge < -0.3 is 10.3 Å². The van der Waals surface area contributed by atoms with E-state index in [4.69, 9.17) is 5.73 Å². The zero-order valence-electron chi connectivity index (χ0n) is 9.90. The number of nitrogens with zero attached hydrogens (tertiary/aromatic N) is 1. The second-order valence-corrected chi connectivity index (χ2v) is 4.09. The van der Waals surface area contributed by atoms with Crippen LogP contribution in [0.15, 0.2) is 36.5 Å². The first-order chi connectivity index (χ1) is 7.74. The Morgan fingerprint density at radius 1 is 1.12 bits per heavy atom. The van der Waals surface area contributed by atoms with Gasteiger partial charge in [-0.25, -0.2) is 0 Å². The summed E-state index contributed by atoms with van der Waals surface area (Å²) in [5.41, 5.74) is 10.7. The van der Waals surface area contributed by atoms with Crippen LogP contribution >= 0.6 is 0 Å². The van der Waals surface area contributed by atoms with Crippen LogP contribution < -0.4 is 5.73 Å². The molecular weight excluding hydrogens is 196 g/mol. The molecule has 0 amide bonds. The van der Waals surface area contributed by atoms with Gasteiger partial charge in [0.2, 0.25) is 0 Å². The van der Waals surface area contributed by atoms with Crippen LogP contribution in [0.4, 0.5) is 0 Å². The SMILES string of the molecule is CCc1ccc(-c2cc(CN)n(C)c2)cc1. The zero-order valence-corrected chi connectivity index (χ0v) is 9.90. The van der Waals surface area contributed by atoms with E-state index in [1.807, 2.05) is 7.05 Å². The molecule has 2 rings (SSSR count). The molecule has 0 radical (unpaired) electrons. The molecule has 84 valence electrons. The van der Waals surface area contributed by atoms with Crippen molar-refractivity contribution >= 4 is 0 Å². The molecule has 0 unspecified atom stereocenters. The summed E-state index contributed by atoms with van der Waals surface area (Å²) in [5, 5.41) is 0. The zero-order chi connectivity index (χ0) is 11.5. The summed E-state index contributed by atoms with van der Waals surface area (Å²) in [4.78, 5) is 0. The Kier molecular flexibility index (Phi) is 3.11. The molecule has 0 aliphatic carbocycles. The first kappa shape index (κ1) is 11.0. The number of rotatable bonds is 3. The summed E-state index contributed by atoms with van der Waals surface area (Å²) < 4.78 is 2.09. The molecule has 0 bridgehead atoms. The van der Waals surface area contributed by atoms with Gasteiger partial charge >= 0.3 is 0 Å². The van der Waals surface area contributed by atoms with E-state index in [1.165, 1.54) is 16.7 Å². The van der Waals surface area contributed by atoms with Crippen LogP contribution in [0.1, 0.15) is 18.2 Å². The minimum absolute atomic E-state index is 0.587. The maximum atomic E-state index is 5.67. The van der Waals surface area contributed by atoms with Gasteiger partial charge in [0.25, 0.3) is 0 Å². The Bertz CT molecular complexity index is 466. The fourth-order valence-corrected chi connectivity index (χ4v) is 1.90. The predicted molar refractivity (Wildman–Crippen MR) is 68.1 cm³/mol. The van der Waals surface area contributed by atoms with Crippen molar-refractivity contribution in [2.75, 3.05) is 0 Å². The monoisotopic (exact) mass is 214 g/mol. The largest absolute Gasteiger partial charge is 0.353 e. The summed E-state index contributed by atoms with van der Waals surface area (Å²) >= 11 is 0. The normalized spacial score (nSPS) is 10.7. The second-order valence-electron chi connectivity index (χ2n) is 4.09. The standard InChI is InChI=1S/C14H18N2/c1-3-11-4-6-12(7-5-11)13-8-14(9-15)16(2)10-13/h4-8,10H,3,9,15H2,1-2H3. The number of aromatic nitrogens is 1. The molecule has 2 heteroatoms. The number of hydrogen-bond donors (Lipinski definition) is 1. The number of hydrogen-bond acceptors (Lipinski definition) is 1. The first-order valence-electron chi connectivity index (χ1n) is 5.69. The van der Waals surface area contributed by atoms with E-state index in [1.54, 1.807) is 0 Å². The Labute approximate surface area is 96.7 Å². The van der Waals surface area contributed by atoms with Gasteiger partial charge in [-0.15, -0.1) is 0 Å². The van der Waals surface area contributed by atoms with Crippen molar-refractivity contribution < 1.29 is 0 Å². The van der Waals surface area contributed by atoms with E-state index in [0.717, 1.165) is 12.1 Å². The highest BCUT2D eigenvalue weighted by Gasteiger charge is 2.03. The van der Waals surface area contributed by atoms with E-state index >= 15 is 0 Å². The van der Waals surface area contributed by atoms with Crippen molar-refractivity contribution in [3.63, 3.8) is 0 Å². The number of aryl methyl sites for hydroxylation is 2. The van der Waals surface area contributed by atoms with Crippen LogP contribution in [0.25, 0.3) is 11.1 Å². The molecule has 1 aromatic heterocycles. The minimum Gasteiger partial charge on any atom is -0.353 e. The smallest absolute Gasteiger partial charge is 0.0334 e. The second kappa shape index (κ2) is 4.54. The van der Waals surface area contributed by atoms with E-state index in [-0.39, 0.29) is 0 Å². The highest BCUT2D eigenvalue weighted by atomic mass is 14.9. The third-order valence-electron chi connectivity index (χ3n) is 3.01. The van der Waals surface area contributed by atoms with Crippen LogP contribution in [0.2, 0.25) is 0 Å². The highest BCUT2D eigenvalue weighted by molar-refractivity contribution is 5.64. The lowest BCUT2D eigenvalue weighted by Gasteiger charge is -1.99. The fraction of sp³-hybridized carbons (Fsp3) is 0.286. The third-order valence-corrected chi connectivity index (χ3v) is 3.01. The number of nitrogens with two attached hydrogens (primary N) is 1. The van der Waals surface area contributed by atoms with Crippen LogP contribution in [0, 0.1) is 0 Å². The van der Waals surface area contributed by atoms with Crippen LogP contribution in [0.5, 0.6) is 0 Å². The molecule has 0 aliphatic heterocycles. The van der Waals surface area contributed by atoms with E-state index in [9.17, 15) is 0 Å². The average molecular weight is 214 g/mol. The molecule has 1 heterocycles. The molecule has 0 fully saturated rings. The quantitative estimate of drug-likeness (QED) is 0.836. The first-order valence-corrected chi connectivity index (χ1v) is 5.69. The molecule has 0 spiro atoms. The Morgan fingerprint density at radius 3 is 2.31 bits per heavy atom. The molecule has 1 aromatic carbocycles. The molecule has 2 aromatic rings. The van der Waals surface area contributed by atoms with Crippen molar-refractivity contribution in [3.8, 4) is 11.1 Å². The van der Waals surface area contributed by atoms with Gasteiger partial charge in [-0.1, -0.05) is 31.2 Å². The van der Waals surface area contributed by atoms with Crippen LogP contribution in [-0.2, 0) is 20.0 Å². The van der Waals surface area contributed by atoms with Crippen molar-refractivity contribution in [3.05, 3.63) is 47.8 Å². The minimum atomic E-state index is 0.587. The maximum Gasteiger partial charge on any atom is 0.0334 e. The van der Waals surface area contributed by atoms with Gasteiger partial charge in [0.1, 0.15) is 0 Å². The molecule has 16 heavy (non-hydrogen) atoms. The van der Waals surface area contributed by atoms with E-state index in [2.05, 4.69) is 48.0 Å². The van der Waals surface area contributed by atoms with Crippen molar-refractivity contribution in [1.82, 2.24) is 4.57 Å². The number of benzene rings is 1. The average Bonchev–Trinajstić information content (AvgIpc) is 2.71. The molecule has 0 aliphatic rings. The lowest BCUT2D eigenvalue weighted by atomic mass is 10.1. The lowest BCUT2D eigenvalue weighted by molar-refractivity contribution is 0.824. The lowest BCUT2D eigenvalue weighted by Crippen LogP contribution is -2.01. The Hall–Kier alpha value is -1.54. The topological polar surface area (TPSA) is 30.9 Å².